The molecule has 3 aromatic rings. The summed E-state index contributed by atoms with van der Waals surface area (Å²) in [6.07, 6.45) is 0.205. The van der Waals surface area contributed by atoms with Gasteiger partial charge in [0.25, 0.3) is 0 Å². The number of nitrogen functional groups attached to an aromatic ring is 1. The first-order valence-corrected chi connectivity index (χ1v) is 11.9. The highest BCUT2D eigenvalue weighted by molar-refractivity contribution is 6.31. The first-order chi connectivity index (χ1) is 17.5. The van der Waals surface area contributed by atoms with Crippen molar-refractivity contribution in [3.8, 4) is 0 Å². The topological polar surface area (TPSA) is 212 Å². The predicted molar refractivity (Wildman–Crippen MR) is 133 cm³/mol. The van der Waals surface area contributed by atoms with Crippen molar-refractivity contribution in [2.75, 3.05) is 30.3 Å². The van der Waals surface area contributed by atoms with Crippen LogP contribution in [0.3, 0.4) is 0 Å². The third kappa shape index (κ3) is 5.68. The van der Waals surface area contributed by atoms with Crippen LogP contribution in [0.25, 0.3) is 22.1 Å². The van der Waals surface area contributed by atoms with Crippen LogP contribution in [0.4, 0.5) is 11.8 Å². The number of anilines is 2. The number of nitrogens with two attached hydrogens (primary N) is 1. The molecular weight excluding hydrogens is 510 g/mol. The van der Waals surface area contributed by atoms with E-state index in [9.17, 15) is 14.4 Å². The molecule has 0 bridgehead atoms. The summed E-state index contributed by atoms with van der Waals surface area (Å²) in [5.41, 5.74) is 5.43. The molecule has 0 saturated carbocycles. The van der Waals surface area contributed by atoms with E-state index in [-0.39, 0.29) is 5.95 Å². The molecular formula is C23H26ClN5O8. The SMILES string of the molecule is Nc1nc(N2C[C@H]3CCCN[C@H]3C2)c2oc3ccc(Cl)cc3c2n1.O=C(O)CC(O)(CC(=O)O)C(=O)O. The van der Waals surface area contributed by atoms with E-state index in [1.54, 1.807) is 0 Å². The predicted octanol–water partition coefficient (Wildman–Crippen LogP) is 1.55. The lowest BCUT2D eigenvalue weighted by molar-refractivity contribution is -0.170. The number of carbonyl (C=O) groups is 3. The Morgan fingerprint density at radius 1 is 1.16 bits per heavy atom. The van der Waals surface area contributed by atoms with E-state index in [4.69, 9.17) is 42.2 Å². The van der Waals surface area contributed by atoms with Crippen molar-refractivity contribution in [1.82, 2.24) is 15.3 Å². The molecule has 2 aromatic heterocycles. The summed E-state index contributed by atoms with van der Waals surface area (Å²) in [5.74, 6) is -3.30. The summed E-state index contributed by atoms with van der Waals surface area (Å²) in [7, 11) is 0. The second-order valence-corrected chi connectivity index (χ2v) is 9.61. The quantitative estimate of drug-likeness (QED) is 0.264. The van der Waals surface area contributed by atoms with E-state index in [0.717, 1.165) is 41.9 Å². The van der Waals surface area contributed by atoms with Crippen molar-refractivity contribution < 1.29 is 39.2 Å². The Kier molecular flexibility index (Phi) is 7.39. The van der Waals surface area contributed by atoms with Crippen LogP contribution in [-0.4, -0.2) is 79.6 Å². The molecule has 0 amide bonds. The second kappa shape index (κ2) is 10.4. The van der Waals surface area contributed by atoms with Gasteiger partial charge < -0.3 is 40.8 Å². The van der Waals surface area contributed by atoms with Gasteiger partial charge in [-0.1, -0.05) is 11.6 Å². The van der Waals surface area contributed by atoms with Gasteiger partial charge in [-0.2, -0.15) is 4.98 Å². The molecule has 2 fully saturated rings. The summed E-state index contributed by atoms with van der Waals surface area (Å²) >= 11 is 6.13. The summed E-state index contributed by atoms with van der Waals surface area (Å²) in [4.78, 5) is 41.7. The number of carboxylic acids is 3. The number of hydrogen-bond donors (Lipinski definition) is 6. The van der Waals surface area contributed by atoms with Gasteiger partial charge in [-0.25, -0.2) is 9.78 Å². The average Bonchev–Trinajstić information content (AvgIpc) is 3.39. The fourth-order valence-corrected chi connectivity index (χ4v) is 4.94. The molecule has 2 aliphatic heterocycles. The Balaban J connectivity index is 0.000000212. The molecule has 37 heavy (non-hydrogen) atoms. The lowest BCUT2D eigenvalue weighted by Gasteiger charge is -2.24. The zero-order valence-corrected chi connectivity index (χ0v) is 20.3. The number of aromatic nitrogens is 2. The Labute approximate surface area is 214 Å². The van der Waals surface area contributed by atoms with Crippen LogP contribution >= 0.6 is 11.6 Å². The summed E-state index contributed by atoms with van der Waals surface area (Å²) in [6.45, 7) is 2.99. The zero-order chi connectivity index (χ0) is 26.9. The van der Waals surface area contributed by atoms with Crippen LogP contribution < -0.4 is 16.0 Å². The van der Waals surface area contributed by atoms with Gasteiger partial charge >= 0.3 is 17.9 Å². The van der Waals surface area contributed by atoms with E-state index >= 15 is 0 Å². The molecule has 0 radical (unpaired) electrons. The van der Waals surface area contributed by atoms with Crippen molar-refractivity contribution >= 4 is 63.3 Å². The number of hydrogen-bond acceptors (Lipinski definition) is 10. The van der Waals surface area contributed by atoms with E-state index in [1.807, 2.05) is 18.2 Å². The minimum absolute atomic E-state index is 0.267. The molecule has 2 atom stereocenters. The number of fused-ring (bicyclic) bond motifs is 4. The fourth-order valence-electron chi connectivity index (χ4n) is 4.77. The molecule has 13 nitrogen and oxygen atoms in total. The molecule has 7 N–H and O–H groups in total. The van der Waals surface area contributed by atoms with Gasteiger partial charge in [-0.3, -0.25) is 9.59 Å². The smallest absolute Gasteiger partial charge is 0.336 e. The summed E-state index contributed by atoms with van der Waals surface area (Å²) < 4.78 is 6.06. The number of carboxylic acid groups (broad SMARTS) is 3. The van der Waals surface area contributed by atoms with Gasteiger partial charge in [-0.05, 0) is 43.5 Å². The van der Waals surface area contributed by atoms with E-state index in [2.05, 4.69) is 20.2 Å². The number of halogens is 1. The maximum absolute atomic E-state index is 10.3. The molecule has 1 aromatic carbocycles. The molecule has 2 saturated heterocycles. The molecule has 198 valence electrons. The second-order valence-electron chi connectivity index (χ2n) is 9.17. The van der Waals surface area contributed by atoms with Crippen molar-refractivity contribution in [3.05, 3.63) is 23.2 Å². The molecule has 14 heteroatoms. The molecule has 0 spiro atoms. The lowest BCUT2D eigenvalue weighted by atomic mass is 9.94. The molecule has 2 aliphatic rings. The van der Waals surface area contributed by atoms with Crippen molar-refractivity contribution in [1.29, 1.82) is 0 Å². The maximum atomic E-state index is 10.3. The Hall–Kier alpha value is -3.68. The average molecular weight is 536 g/mol. The van der Waals surface area contributed by atoms with Crippen LogP contribution in [0.15, 0.2) is 22.6 Å². The number of aliphatic carboxylic acids is 3. The van der Waals surface area contributed by atoms with Gasteiger partial charge in [0.2, 0.25) is 5.95 Å². The van der Waals surface area contributed by atoms with Crippen LogP contribution in [0.5, 0.6) is 0 Å². The van der Waals surface area contributed by atoms with Crippen LogP contribution in [0, 0.1) is 5.92 Å². The zero-order valence-electron chi connectivity index (χ0n) is 19.6. The number of benzene rings is 1. The normalized spacial score (nSPS) is 19.4. The first kappa shape index (κ1) is 26.4. The number of rotatable bonds is 6. The third-order valence-corrected chi connectivity index (χ3v) is 6.69. The Morgan fingerprint density at radius 3 is 2.49 bits per heavy atom. The van der Waals surface area contributed by atoms with Gasteiger partial charge in [0.1, 0.15) is 11.1 Å². The highest BCUT2D eigenvalue weighted by atomic mass is 35.5. The highest BCUT2D eigenvalue weighted by Crippen LogP contribution is 2.37. The number of nitrogens with one attached hydrogen (secondary N) is 1. The Morgan fingerprint density at radius 2 is 1.86 bits per heavy atom. The lowest BCUT2D eigenvalue weighted by Crippen LogP contribution is -2.42. The van der Waals surface area contributed by atoms with Crippen molar-refractivity contribution in [3.63, 3.8) is 0 Å². The van der Waals surface area contributed by atoms with Crippen LogP contribution in [-0.2, 0) is 14.4 Å². The van der Waals surface area contributed by atoms with E-state index in [0.29, 0.717) is 22.6 Å². The Bertz CT molecular complexity index is 1330. The third-order valence-electron chi connectivity index (χ3n) is 6.46. The van der Waals surface area contributed by atoms with Gasteiger partial charge in [0.05, 0.1) is 12.8 Å². The first-order valence-electron chi connectivity index (χ1n) is 11.5. The van der Waals surface area contributed by atoms with Crippen LogP contribution in [0.2, 0.25) is 5.02 Å². The number of furan rings is 1. The van der Waals surface area contributed by atoms with E-state index < -0.39 is 36.4 Å². The van der Waals surface area contributed by atoms with Gasteiger partial charge in [0, 0.05) is 29.5 Å². The number of piperidine rings is 1. The molecule has 4 heterocycles. The number of aliphatic hydroxyl groups is 1. The molecule has 0 unspecified atom stereocenters. The van der Waals surface area contributed by atoms with E-state index in [1.165, 1.54) is 12.8 Å². The van der Waals surface area contributed by atoms with Gasteiger partial charge in [0.15, 0.2) is 17.0 Å². The van der Waals surface area contributed by atoms with Crippen LogP contribution in [0.1, 0.15) is 25.7 Å². The summed E-state index contributed by atoms with van der Waals surface area (Å²) in [6, 6.07) is 6.06. The van der Waals surface area contributed by atoms with Crippen molar-refractivity contribution in [2.45, 2.75) is 37.3 Å². The maximum Gasteiger partial charge on any atom is 0.336 e. The fraction of sp³-hybridized carbons (Fsp3) is 0.435. The largest absolute Gasteiger partial charge is 0.481 e. The summed E-state index contributed by atoms with van der Waals surface area (Å²) in [5, 5.41) is 39.0. The number of nitrogens with zero attached hydrogens (tertiary/aromatic N) is 3. The standard InChI is InChI=1S/C17H18ClN5O.C6H8O7/c18-10-3-4-13-11(6-10)14-15(24-13)16(22-17(19)21-14)23-7-9-2-1-5-20-12(9)8-23;7-3(8)1-6(13,5(11)12)2-4(9)10/h3-4,6,9,12,20H,1-2,5,7-8H2,(H2,19,21,22);13H,1-2H2,(H,7,8)(H,9,10)(H,11,12)/t9-,12+;/m1./s1. The minimum Gasteiger partial charge on any atom is -0.481 e. The molecule has 5 rings (SSSR count). The highest BCUT2D eigenvalue weighted by Gasteiger charge is 2.41. The van der Waals surface area contributed by atoms with Gasteiger partial charge in [-0.15, -0.1) is 0 Å². The molecule has 0 aliphatic carbocycles. The monoisotopic (exact) mass is 535 g/mol. The minimum atomic E-state index is -2.74. The van der Waals surface area contributed by atoms with Crippen molar-refractivity contribution in [2.24, 2.45) is 5.92 Å².